The third-order valence-corrected chi connectivity index (χ3v) is 6.71. The minimum atomic E-state index is 0. The molecular weight excluding hydrogens is 500 g/mol. The molecular formula is C34H36Zr. The summed E-state index contributed by atoms with van der Waals surface area (Å²) in [4.78, 5) is 0. The van der Waals surface area contributed by atoms with Crippen LogP contribution in [0.15, 0.2) is 120 Å². The fourth-order valence-corrected chi connectivity index (χ4v) is 4.79. The maximum atomic E-state index is 2.37. The largest absolute Gasteiger partial charge is 2.00 e. The van der Waals surface area contributed by atoms with Crippen molar-refractivity contribution < 1.29 is 26.2 Å². The van der Waals surface area contributed by atoms with Crippen LogP contribution in [0, 0.1) is 24.7 Å². The van der Waals surface area contributed by atoms with E-state index < -0.39 is 0 Å². The molecule has 0 spiro atoms. The molecule has 0 aliphatic heterocycles. The van der Waals surface area contributed by atoms with E-state index in [2.05, 4.69) is 97.9 Å². The number of rotatable bonds is 3. The summed E-state index contributed by atoms with van der Waals surface area (Å²) >= 11 is 0. The molecule has 0 nitrogen and oxygen atoms in total. The Labute approximate surface area is 232 Å². The Hall–Kier alpha value is -2.50. The van der Waals surface area contributed by atoms with Gasteiger partial charge in [-0.05, 0) is 35.8 Å². The van der Waals surface area contributed by atoms with E-state index in [1.54, 1.807) is 11.1 Å². The second-order valence-electron chi connectivity index (χ2n) is 9.16. The molecule has 4 aliphatic rings. The molecule has 2 fully saturated rings. The van der Waals surface area contributed by atoms with Crippen molar-refractivity contribution in [3.63, 3.8) is 0 Å². The molecule has 0 heterocycles. The first-order valence-electron chi connectivity index (χ1n) is 12.7. The first-order chi connectivity index (χ1) is 16.9. The molecule has 0 aromatic heterocycles. The monoisotopic (exact) mass is 534 g/mol. The van der Waals surface area contributed by atoms with Crippen molar-refractivity contribution in [2.45, 2.75) is 38.5 Å². The minimum Gasteiger partial charge on any atom is -0.227 e. The van der Waals surface area contributed by atoms with E-state index in [0.29, 0.717) is 0 Å². The van der Waals surface area contributed by atoms with E-state index in [1.807, 2.05) is 36.4 Å². The summed E-state index contributed by atoms with van der Waals surface area (Å²) in [5.41, 5.74) is 5.61. The minimum absolute atomic E-state index is 0. The van der Waals surface area contributed by atoms with Crippen LogP contribution >= 0.6 is 0 Å². The van der Waals surface area contributed by atoms with Crippen molar-refractivity contribution >= 4 is 12.2 Å². The van der Waals surface area contributed by atoms with Gasteiger partial charge in [0, 0.05) is 0 Å². The van der Waals surface area contributed by atoms with Gasteiger partial charge in [0.25, 0.3) is 0 Å². The van der Waals surface area contributed by atoms with Gasteiger partial charge < -0.3 is 0 Å². The van der Waals surface area contributed by atoms with Crippen molar-refractivity contribution in [3.05, 3.63) is 144 Å². The van der Waals surface area contributed by atoms with Gasteiger partial charge in [0.05, 0.1) is 0 Å². The van der Waals surface area contributed by atoms with Crippen LogP contribution in [0.5, 0.6) is 0 Å². The first kappa shape index (κ1) is 27.1. The number of benzene rings is 2. The predicted molar refractivity (Wildman–Crippen MR) is 149 cm³/mol. The molecule has 2 atom stereocenters. The molecule has 0 bridgehead atoms. The standard InChI is InChI=1S/C16H14.2C9H11.Zr/c1-3-9-15(10-4-1)13-7-8-14-16-11-5-2-6-12-16;2*1-2-5-9-7-3-6-8(9)4-1;/h1-14H;2*1-2,4,6,9H,3,5,7H2;/q;2*-1;+2. The number of hydrogen-bond donors (Lipinski definition) is 0. The van der Waals surface area contributed by atoms with E-state index in [-0.39, 0.29) is 26.2 Å². The zero-order valence-corrected chi connectivity index (χ0v) is 23.1. The molecule has 2 aromatic carbocycles. The van der Waals surface area contributed by atoms with Crippen LogP contribution in [0.25, 0.3) is 12.2 Å². The van der Waals surface area contributed by atoms with Crippen LogP contribution in [0.4, 0.5) is 0 Å². The molecule has 6 rings (SSSR count). The summed E-state index contributed by atoms with van der Waals surface area (Å²) in [6.07, 6.45) is 34.4. The summed E-state index contributed by atoms with van der Waals surface area (Å²) in [7, 11) is 0. The van der Waals surface area contributed by atoms with Gasteiger partial charge >= 0.3 is 26.2 Å². The van der Waals surface area contributed by atoms with Crippen LogP contribution in [0.2, 0.25) is 0 Å². The fraction of sp³-hybridized carbons (Fsp3) is 0.235. The molecule has 2 unspecified atom stereocenters. The number of fused-ring (bicyclic) bond motifs is 2. The molecule has 35 heavy (non-hydrogen) atoms. The average Bonchev–Trinajstić information content (AvgIpc) is 3.58. The van der Waals surface area contributed by atoms with Crippen LogP contribution in [-0.2, 0) is 26.2 Å². The Morgan fingerprint density at radius 1 is 0.600 bits per heavy atom. The molecule has 1 heteroatoms. The van der Waals surface area contributed by atoms with Gasteiger partial charge in [0.15, 0.2) is 0 Å². The second kappa shape index (κ2) is 15.5. The molecule has 4 aliphatic carbocycles. The normalized spacial score (nSPS) is 21.1. The molecule has 0 saturated heterocycles. The summed E-state index contributed by atoms with van der Waals surface area (Å²) in [5, 5.41) is 0. The van der Waals surface area contributed by atoms with Gasteiger partial charge in [-0.15, -0.1) is 37.1 Å². The second-order valence-corrected chi connectivity index (χ2v) is 9.16. The Morgan fingerprint density at radius 3 is 1.43 bits per heavy atom. The Balaban J connectivity index is 0.000000154. The summed E-state index contributed by atoms with van der Waals surface area (Å²) in [5.74, 6) is 1.77. The SMILES string of the molecule is C(C=Cc1ccccc1)=Cc1ccccc1.C1=CCC2CC[CH-]C2=C1.C1=CCC2CC[CH-]C2=C1.[Zr+2]. The van der Waals surface area contributed by atoms with Crippen molar-refractivity contribution in [1.82, 2.24) is 0 Å². The molecule has 176 valence electrons. The number of allylic oxidation sites excluding steroid dienone is 10. The van der Waals surface area contributed by atoms with Gasteiger partial charge in [-0.25, -0.2) is 36.1 Å². The summed E-state index contributed by atoms with van der Waals surface area (Å²) in [6, 6.07) is 20.6. The Kier molecular flexibility index (Phi) is 12.0. The van der Waals surface area contributed by atoms with Gasteiger partial charge in [0.2, 0.25) is 0 Å². The van der Waals surface area contributed by atoms with Crippen LogP contribution in [-0.4, -0.2) is 0 Å². The first-order valence-corrected chi connectivity index (χ1v) is 12.7. The summed E-state index contributed by atoms with van der Waals surface area (Å²) in [6.45, 7) is 0. The van der Waals surface area contributed by atoms with Gasteiger partial charge in [0.1, 0.15) is 0 Å². The smallest absolute Gasteiger partial charge is 0.227 e. The predicted octanol–water partition coefficient (Wildman–Crippen LogP) is 9.38. The summed E-state index contributed by atoms with van der Waals surface area (Å²) < 4.78 is 0. The van der Waals surface area contributed by atoms with Gasteiger partial charge in [-0.2, -0.15) is 0 Å². The maximum Gasteiger partial charge on any atom is 2.00 e. The van der Waals surface area contributed by atoms with Gasteiger partial charge in [-0.3, -0.25) is 0 Å². The molecule has 0 radical (unpaired) electrons. The third-order valence-electron chi connectivity index (χ3n) is 6.71. The topological polar surface area (TPSA) is 0 Å². The van der Waals surface area contributed by atoms with E-state index >= 15 is 0 Å². The van der Waals surface area contributed by atoms with Crippen molar-refractivity contribution in [2.24, 2.45) is 11.8 Å². The fourth-order valence-electron chi connectivity index (χ4n) is 4.79. The molecule has 0 N–H and O–H groups in total. The van der Waals surface area contributed by atoms with E-state index in [0.717, 1.165) is 11.8 Å². The molecule has 2 aromatic rings. The van der Waals surface area contributed by atoms with Crippen molar-refractivity contribution in [3.8, 4) is 0 Å². The van der Waals surface area contributed by atoms with Crippen LogP contribution in [0.1, 0.15) is 49.7 Å². The van der Waals surface area contributed by atoms with Crippen LogP contribution in [0.3, 0.4) is 0 Å². The zero-order valence-electron chi connectivity index (χ0n) is 20.6. The van der Waals surface area contributed by atoms with E-state index in [1.165, 1.54) is 49.7 Å². The quantitative estimate of drug-likeness (QED) is 0.271. The van der Waals surface area contributed by atoms with Crippen molar-refractivity contribution in [2.75, 3.05) is 0 Å². The zero-order chi connectivity index (χ0) is 23.3. The number of hydrogen-bond acceptors (Lipinski definition) is 0. The Bertz CT molecular complexity index is 963. The van der Waals surface area contributed by atoms with Crippen molar-refractivity contribution in [1.29, 1.82) is 0 Å². The van der Waals surface area contributed by atoms with E-state index in [4.69, 9.17) is 0 Å². The third kappa shape index (κ3) is 9.23. The van der Waals surface area contributed by atoms with Gasteiger partial charge in [-0.1, -0.05) is 97.8 Å². The van der Waals surface area contributed by atoms with E-state index in [9.17, 15) is 0 Å². The Morgan fingerprint density at radius 2 is 1.03 bits per heavy atom. The van der Waals surface area contributed by atoms with Crippen LogP contribution < -0.4 is 0 Å². The molecule has 0 amide bonds. The average molecular weight is 536 g/mol. The maximum absolute atomic E-state index is 2.37. The molecule has 2 saturated carbocycles.